The van der Waals surface area contributed by atoms with Crippen LogP contribution in [0.2, 0.25) is 13.1 Å². The Balaban J connectivity index is 2.99. The number of hydrogen-bond acceptors (Lipinski definition) is 0. The molecule has 0 radical (unpaired) electrons. The van der Waals surface area contributed by atoms with Crippen molar-refractivity contribution in [2.24, 2.45) is 0 Å². The monoisotopic (exact) mass is 122 g/mol. The first-order chi connectivity index (χ1) is 2.64. The quantitative estimate of drug-likeness (QED) is 0.367. The van der Waals surface area contributed by atoms with Crippen molar-refractivity contribution >= 4 is 20.4 Å². The summed E-state index contributed by atoms with van der Waals surface area (Å²) in [4.78, 5) is 0. The molecule has 1 unspecified atom stereocenters. The number of halogens is 1. The molecular weight excluding hydrogens is 112 g/mol. The van der Waals surface area contributed by atoms with Gasteiger partial charge in [-0.2, -0.15) is 0 Å². The van der Waals surface area contributed by atoms with Gasteiger partial charge < -0.3 is 0 Å². The van der Waals surface area contributed by atoms with Gasteiger partial charge in [0.1, 0.15) is 0 Å². The van der Waals surface area contributed by atoms with Gasteiger partial charge in [0.2, 0.25) is 0 Å². The fourth-order valence-corrected chi connectivity index (χ4v) is 0. The van der Waals surface area contributed by atoms with Gasteiger partial charge in [0, 0.05) is 5.00 Å². The van der Waals surface area contributed by atoms with E-state index in [1.807, 2.05) is 0 Å². The van der Waals surface area contributed by atoms with E-state index in [9.17, 15) is 0 Å². The average molecular weight is 123 g/mol. The Hall–Kier alpha value is 0.507. The minimum atomic E-state index is -0.478. The standard InChI is InChI=1S/C4H11ClSi/c1-4(5)6(2)3/h4,6H,1-3H3. The molecule has 0 N–H and O–H groups in total. The summed E-state index contributed by atoms with van der Waals surface area (Å²) >= 11 is 5.67. The minimum Gasteiger partial charge on any atom is -0.127 e. The van der Waals surface area contributed by atoms with Gasteiger partial charge in [-0.05, 0) is 0 Å². The van der Waals surface area contributed by atoms with E-state index in [0.717, 1.165) is 0 Å². The SMILES string of the molecule is CC(Cl)[SiH](C)C. The lowest BCUT2D eigenvalue weighted by Crippen LogP contribution is -2.12. The third-order valence-corrected chi connectivity index (χ3v) is 4.27. The highest BCUT2D eigenvalue weighted by molar-refractivity contribution is 6.67. The lowest BCUT2D eigenvalue weighted by Gasteiger charge is -2.00. The molecule has 0 aromatic rings. The zero-order valence-electron chi connectivity index (χ0n) is 4.53. The molecular formula is C4H11ClSi. The van der Waals surface area contributed by atoms with Gasteiger partial charge in [0.05, 0.1) is 8.80 Å². The van der Waals surface area contributed by atoms with Crippen LogP contribution in [-0.4, -0.2) is 13.8 Å². The largest absolute Gasteiger partial charge is 0.127 e. The highest BCUT2D eigenvalue weighted by atomic mass is 35.5. The molecule has 0 amide bonds. The second kappa shape index (κ2) is 2.64. The van der Waals surface area contributed by atoms with Crippen LogP contribution in [0.15, 0.2) is 0 Å². The van der Waals surface area contributed by atoms with Crippen molar-refractivity contribution in [2.75, 3.05) is 0 Å². The number of rotatable bonds is 1. The third-order valence-electron chi connectivity index (χ3n) is 0.919. The van der Waals surface area contributed by atoms with Crippen molar-refractivity contribution in [3.05, 3.63) is 0 Å². The van der Waals surface area contributed by atoms with Gasteiger partial charge in [-0.15, -0.1) is 11.6 Å². The van der Waals surface area contributed by atoms with E-state index >= 15 is 0 Å². The Bertz CT molecular complexity index is 28.5. The molecule has 1 atom stereocenters. The molecule has 0 heterocycles. The number of alkyl halides is 1. The van der Waals surface area contributed by atoms with Crippen LogP contribution in [0.25, 0.3) is 0 Å². The van der Waals surface area contributed by atoms with Crippen molar-refractivity contribution < 1.29 is 0 Å². The topological polar surface area (TPSA) is 0 Å². The van der Waals surface area contributed by atoms with Crippen LogP contribution in [0, 0.1) is 0 Å². The summed E-state index contributed by atoms with van der Waals surface area (Å²) in [5.74, 6) is 0. The summed E-state index contributed by atoms with van der Waals surface area (Å²) < 4.78 is 0. The molecule has 0 bridgehead atoms. The van der Waals surface area contributed by atoms with Gasteiger partial charge in [0.15, 0.2) is 0 Å². The molecule has 38 valence electrons. The van der Waals surface area contributed by atoms with Crippen molar-refractivity contribution in [1.29, 1.82) is 0 Å². The fraction of sp³-hybridized carbons (Fsp3) is 1.00. The molecule has 0 aliphatic carbocycles. The highest BCUT2D eigenvalue weighted by Crippen LogP contribution is 1.97. The minimum absolute atomic E-state index is 0.463. The van der Waals surface area contributed by atoms with E-state index in [-0.39, 0.29) is 0 Å². The first kappa shape index (κ1) is 6.51. The Kier molecular flexibility index (Phi) is 2.87. The maximum absolute atomic E-state index is 5.67. The van der Waals surface area contributed by atoms with Crippen LogP contribution in [0.3, 0.4) is 0 Å². The predicted octanol–water partition coefficient (Wildman–Crippen LogP) is 1.64. The first-order valence-electron chi connectivity index (χ1n) is 2.28. The molecule has 0 saturated carbocycles. The normalized spacial score (nSPS) is 15.5. The van der Waals surface area contributed by atoms with Crippen molar-refractivity contribution in [1.82, 2.24) is 0 Å². The van der Waals surface area contributed by atoms with E-state index < -0.39 is 8.80 Å². The summed E-state index contributed by atoms with van der Waals surface area (Å²) in [7, 11) is -0.478. The maximum Gasteiger partial charge on any atom is 0.0515 e. The Labute approximate surface area is 46.1 Å². The molecule has 0 aliphatic rings. The van der Waals surface area contributed by atoms with E-state index in [1.165, 1.54) is 0 Å². The molecule has 0 aromatic carbocycles. The van der Waals surface area contributed by atoms with Crippen LogP contribution >= 0.6 is 11.6 Å². The van der Waals surface area contributed by atoms with E-state index in [2.05, 4.69) is 20.0 Å². The summed E-state index contributed by atoms with van der Waals surface area (Å²) in [6, 6.07) is 0. The summed E-state index contributed by atoms with van der Waals surface area (Å²) in [6.07, 6.45) is 0. The summed E-state index contributed by atoms with van der Waals surface area (Å²) in [5, 5.41) is 0.463. The summed E-state index contributed by atoms with van der Waals surface area (Å²) in [6.45, 7) is 6.56. The molecule has 0 nitrogen and oxygen atoms in total. The predicted molar refractivity (Wildman–Crippen MR) is 34.2 cm³/mol. The third kappa shape index (κ3) is 2.73. The van der Waals surface area contributed by atoms with Crippen LogP contribution < -0.4 is 0 Å². The van der Waals surface area contributed by atoms with Crippen molar-refractivity contribution in [3.63, 3.8) is 0 Å². The average Bonchev–Trinajstić information content (AvgIpc) is 1.36. The Morgan fingerprint density at radius 1 is 1.50 bits per heavy atom. The Morgan fingerprint density at radius 3 is 1.67 bits per heavy atom. The van der Waals surface area contributed by atoms with Crippen molar-refractivity contribution in [2.45, 2.75) is 25.0 Å². The smallest absolute Gasteiger partial charge is 0.0515 e. The van der Waals surface area contributed by atoms with Crippen LogP contribution in [0.4, 0.5) is 0 Å². The van der Waals surface area contributed by atoms with Gasteiger partial charge >= 0.3 is 0 Å². The van der Waals surface area contributed by atoms with Crippen LogP contribution in [0.5, 0.6) is 0 Å². The van der Waals surface area contributed by atoms with Gasteiger partial charge in [-0.1, -0.05) is 20.0 Å². The molecule has 0 spiro atoms. The molecule has 6 heavy (non-hydrogen) atoms. The zero-order valence-corrected chi connectivity index (χ0v) is 6.44. The first-order valence-corrected chi connectivity index (χ1v) is 5.70. The zero-order chi connectivity index (χ0) is 5.15. The van der Waals surface area contributed by atoms with Gasteiger partial charge in [-0.3, -0.25) is 0 Å². The van der Waals surface area contributed by atoms with Crippen LogP contribution in [0.1, 0.15) is 6.92 Å². The lowest BCUT2D eigenvalue weighted by molar-refractivity contribution is 1.33. The molecule has 2 heteroatoms. The van der Waals surface area contributed by atoms with Crippen LogP contribution in [-0.2, 0) is 0 Å². The number of hydrogen-bond donors (Lipinski definition) is 0. The molecule has 0 saturated heterocycles. The molecule has 0 rings (SSSR count). The van der Waals surface area contributed by atoms with E-state index in [1.54, 1.807) is 0 Å². The second-order valence-electron chi connectivity index (χ2n) is 1.92. The maximum atomic E-state index is 5.67. The van der Waals surface area contributed by atoms with Gasteiger partial charge in [-0.25, -0.2) is 0 Å². The second-order valence-corrected chi connectivity index (χ2v) is 6.52. The molecule has 0 fully saturated rings. The molecule has 0 aliphatic heterocycles. The van der Waals surface area contributed by atoms with E-state index in [0.29, 0.717) is 5.00 Å². The van der Waals surface area contributed by atoms with Gasteiger partial charge in [0.25, 0.3) is 0 Å². The molecule has 0 aromatic heterocycles. The van der Waals surface area contributed by atoms with Crippen molar-refractivity contribution in [3.8, 4) is 0 Å². The Morgan fingerprint density at radius 2 is 1.67 bits per heavy atom. The fourth-order valence-electron chi connectivity index (χ4n) is 0. The van der Waals surface area contributed by atoms with E-state index in [4.69, 9.17) is 11.6 Å². The lowest BCUT2D eigenvalue weighted by atomic mass is 11.0. The summed E-state index contributed by atoms with van der Waals surface area (Å²) in [5.41, 5.74) is 0. The highest BCUT2D eigenvalue weighted by Gasteiger charge is 2.00.